The van der Waals surface area contributed by atoms with Crippen LogP contribution >= 0.6 is 11.3 Å². The first-order valence-corrected chi connectivity index (χ1v) is 5.08. The van der Waals surface area contributed by atoms with Crippen LogP contribution in [0.25, 0.3) is 10.4 Å². The summed E-state index contributed by atoms with van der Waals surface area (Å²) in [6.07, 6.45) is 0. The standard InChI is InChI=1S/C11H10N2S/c12-11(13)10-7-6-9(14-10)8-4-2-1-3-5-8/h1-7H,(H3,12,13). The Labute approximate surface area is 86.5 Å². The topological polar surface area (TPSA) is 49.9 Å². The molecule has 0 aliphatic carbocycles. The number of benzene rings is 1. The maximum Gasteiger partial charge on any atom is 0.133 e. The van der Waals surface area contributed by atoms with Crippen LogP contribution in [0.1, 0.15) is 4.88 Å². The van der Waals surface area contributed by atoms with E-state index in [0.717, 1.165) is 9.75 Å². The summed E-state index contributed by atoms with van der Waals surface area (Å²) < 4.78 is 0. The first kappa shape index (κ1) is 8.97. The molecule has 0 atom stereocenters. The van der Waals surface area contributed by atoms with Crippen LogP contribution in [0.15, 0.2) is 42.5 Å². The van der Waals surface area contributed by atoms with E-state index in [9.17, 15) is 0 Å². The maximum absolute atomic E-state index is 7.30. The van der Waals surface area contributed by atoms with Crippen molar-refractivity contribution in [1.82, 2.24) is 0 Å². The molecule has 2 aromatic rings. The molecule has 0 radical (unpaired) electrons. The summed E-state index contributed by atoms with van der Waals surface area (Å²) in [5.41, 5.74) is 6.57. The van der Waals surface area contributed by atoms with Crippen LogP contribution < -0.4 is 5.73 Å². The van der Waals surface area contributed by atoms with Gasteiger partial charge in [-0.25, -0.2) is 0 Å². The number of rotatable bonds is 2. The van der Waals surface area contributed by atoms with Crippen LogP contribution in [-0.4, -0.2) is 5.84 Å². The summed E-state index contributed by atoms with van der Waals surface area (Å²) in [4.78, 5) is 1.97. The average Bonchev–Trinajstić information content (AvgIpc) is 2.68. The highest BCUT2D eigenvalue weighted by molar-refractivity contribution is 7.17. The summed E-state index contributed by atoms with van der Waals surface area (Å²) in [6.45, 7) is 0. The number of hydrogen-bond acceptors (Lipinski definition) is 2. The first-order chi connectivity index (χ1) is 6.77. The van der Waals surface area contributed by atoms with Gasteiger partial charge in [0.25, 0.3) is 0 Å². The highest BCUT2D eigenvalue weighted by atomic mass is 32.1. The number of nitrogens with two attached hydrogens (primary N) is 1. The van der Waals surface area contributed by atoms with Crippen molar-refractivity contribution in [3.8, 4) is 10.4 Å². The Hall–Kier alpha value is -1.61. The second-order valence-electron chi connectivity index (χ2n) is 2.94. The van der Waals surface area contributed by atoms with Crippen molar-refractivity contribution in [1.29, 1.82) is 5.41 Å². The fourth-order valence-corrected chi connectivity index (χ4v) is 2.11. The van der Waals surface area contributed by atoms with Gasteiger partial charge in [-0.15, -0.1) is 11.3 Å². The molecule has 0 bridgehead atoms. The van der Waals surface area contributed by atoms with Crippen LogP contribution in [0.3, 0.4) is 0 Å². The van der Waals surface area contributed by atoms with Gasteiger partial charge >= 0.3 is 0 Å². The third-order valence-corrected chi connectivity index (χ3v) is 3.10. The van der Waals surface area contributed by atoms with Gasteiger partial charge in [-0.05, 0) is 17.7 Å². The normalized spacial score (nSPS) is 10.0. The molecule has 0 amide bonds. The fourth-order valence-electron chi connectivity index (χ4n) is 1.24. The Bertz CT molecular complexity index is 445. The van der Waals surface area contributed by atoms with Crippen molar-refractivity contribution in [2.75, 3.05) is 0 Å². The number of nitrogens with one attached hydrogen (secondary N) is 1. The van der Waals surface area contributed by atoms with Crippen molar-refractivity contribution < 1.29 is 0 Å². The Balaban J connectivity index is 2.39. The minimum Gasteiger partial charge on any atom is -0.383 e. The van der Waals surface area contributed by atoms with Crippen LogP contribution in [0.2, 0.25) is 0 Å². The molecule has 0 unspecified atom stereocenters. The van der Waals surface area contributed by atoms with E-state index in [1.807, 2.05) is 30.3 Å². The van der Waals surface area contributed by atoms with E-state index in [2.05, 4.69) is 12.1 Å². The quantitative estimate of drug-likeness (QED) is 0.571. The molecule has 2 rings (SSSR count). The SMILES string of the molecule is N=C(N)c1ccc(-c2ccccc2)s1. The Morgan fingerprint density at radius 1 is 1.07 bits per heavy atom. The monoisotopic (exact) mass is 202 g/mol. The van der Waals surface area contributed by atoms with Gasteiger partial charge in [-0.2, -0.15) is 0 Å². The molecule has 0 spiro atoms. The van der Waals surface area contributed by atoms with Gasteiger partial charge in [0.2, 0.25) is 0 Å². The minimum absolute atomic E-state index is 0.136. The second-order valence-corrected chi connectivity index (χ2v) is 4.03. The molecule has 3 heteroatoms. The predicted molar refractivity (Wildman–Crippen MR) is 60.8 cm³/mol. The molecule has 0 saturated heterocycles. The fraction of sp³-hybridized carbons (Fsp3) is 0. The molecule has 0 saturated carbocycles. The van der Waals surface area contributed by atoms with Gasteiger partial charge in [-0.3, -0.25) is 5.41 Å². The smallest absolute Gasteiger partial charge is 0.133 e. The summed E-state index contributed by atoms with van der Waals surface area (Å²) >= 11 is 1.54. The molecule has 2 nitrogen and oxygen atoms in total. The molecule has 0 fully saturated rings. The van der Waals surface area contributed by atoms with E-state index in [0.29, 0.717) is 0 Å². The number of hydrogen-bond donors (Lipinski definition) is 2. The summed E-state index contributed by atoms with van der Waals surface area (Å²) in [5, 5.41) is 7.30. The van der Waals surface area contributed by atoms with Crippen molar-refractivity contribution in [2.45, 2.75) is 0 Å². The zero-order valence-electron chi connectivity index (χ0n) is 7.53. The minimum atomic E-state index is 0.136. The van der Waals surface area contributed by atoms with Crippen LogP contribution in [-0.2, 0) is 0 Å². The average molecular weight is 202 g/mol. The van der Waals surface area contributed by atoms with E-state index in [1.54, 1.807) is 11.3 Å². The lowest BCUT2D eigenvalue weighted by Crippen LogP contribution is -2.08. The molecule has 0 aliphatic rings. The van der Waals surface area contributed by atoms with E-state index >= 15 is 0 Å². The molecule has 1 aromatic carbocycles. The predicted octanol–water partition coefficient (Wildman–Crippen LogP) is 2.70. The number of amidine groups is 1. The van der Waals surface area contributed by atoms with Crippen molar-refractivity contribution in [2.24, 2.45) is 5.73 Å². The van der Waals surface area contributed by atoms with Crippen LogP contribution in [0.4, 0.5) is 0 Å². The van der Waals surface area contributed by atoms with Gasteiger partial charge in [-0.1, -0.05) is 30.3 Å². The van der Waals surface area contributed by atoms with Gasteiger partial charge in [0, 0.05) is 4.88 Å². The molecule has 3 N–H and O–H groups in total. The van der Waals surface area contributed by atoms with Gasteiger partial charge in [0.15, 0.2) is 0 Å². The molecule has 0 aliphatic heterocycles. The number of nitrogen functional groups attached to an aromatic ring is 1. The third kappa shape index (κ3) is 1.67. The summed E-state index contributed by atoms with van der Waals surface area (Å²) in [6, 6.07) is 14.0. The summed E-state index contributed by atoms with van der Waals surface area (Å²) in [5.74, 6) is 0.136. The highest BCUT2D eigenvalue weighted by Gasteiger charge is 2.03. The van der Waals surface area contributed by atoms with E-state index < -0.39 is 0 Å². The molecular weight excluding hydrogens is 192 g/mol. The Morgan fingerprint density at radius 2 is 1.79 bits per heavy atom. The van der Waals surface area contributed by atoms with Gasteiger partial charge in [0.1, 0.15) is 5.84 Å². The van der Waals surface area contributed by atoms with Crippen molar-refractivity contribution >= 4 is 17.2 Å². The molecule has 1 aromatic heterocycles. The maximum atomic E-state index is 7.30. The van der Waals surface area contributed by atoms with Crippen LogP contribution in [0, 0.1) is 5.41 Å². The zero-order valence-corrected chi connectivity index (χ0v) is 8.34. The van der Waals surface area contributed by atoms with E-state index in [4.69, 9.17) is 11.1 Å². The Kier molecular flexibility index (Phi) is 2.33. The lowest BCUT2D eigenvalue weighted by Gasteiger charge is -1.94. The highest BCUT2D eigenvalue weighted by Crippen LogP contribution is 2.27. The zero-order chi connectivity index (χ0) is 9.97. The molecule has 14 heavy (non-hydrogen) atoms. The largest absolute Gasteiger partial charge is 0.383 e. The van der Waals surface area contributed by atoms with Crippen molar-refractivity contribution in [3.63, 3.8) is 0 Å². The second kappa shape index (κ2) is 3.64. The lowest BCUT2D eigenvalue weighted by atomic mass is 10.2. The third-order valence-electron chi connectivity index (χ3n) is 1.93. The van der Waals surface area contributed by atoms with E-state index in [-0.39, 0.29) is 5.84 Å². The number of thiophene rings is 1. The van der Waals surface area contributed by atoms with Gasteiger partial charge < -0.3 is 5.73 Å². The Morgan fingerprint density at radius 3 is 2.36 bits per heavy atom. The first-order valence-electron chi connectivity index (χ1n) is 4.27. The summed E-state index contributed by atoms with van der Waals surface area (Å²) in [7, 11) is 0. The molecule has 70 valence electrons. The molecule has 1 heterocycles. The van der Waals surface area contributed by atoms with Crippen molar-refractivity contribution in [3.05, 3.63) is 47.3 Å². The molecular formula is C11H10N2S. The van der Waals surface area contributed by atoms with Crippen LogP contribution in [0.5, 0.6) is 0 Å². The van der Waals surface area contributed by atoms with Gasteiger partial charge in [0.05, 0.1) is 4.88 Å². The van der Waals surface area contributed by atoms with E-state index in [1.165, 1.54) is 5.56 Å². The lowest BCUT2D eigenvalue weighted by molar-refractivity contribution is 1.45.